The van der Waals surface area contributed by atoms with Crippen LogP contribution in [0.3, 0.4) is 0 Å². The Balaban J connectivity index is 1.91. The Labute approximate surface area is 202 Å². The number of methoxy groups -OCH3 is 1. The van der Waals surface area contributed by atoms with Gasteiger partial charge in [0.15, 0.2) is 0 Å². The van der Waals surface area contributed by atoms with Crippen LogP contribution in [0.5, 0.6) is 5.75 Å². The molecule has 34 heavy (non-hydrogen) atoms. The number of nitrogens with one attached hydrogen (secondary N) is 1. The smallest absolute Gasteiger partial charge is 0.243 e. The van der Waals surface area contributed by atoms with Crippen molar-refractivity contribution >= 4 is 11.8 Å². The van der Waals surface area contributed by atoms with Gasteiger partial charge < -0.3 is 15.0 Å². The minimum atomic E-state index is -0.618. The normalized spacial score (nSPS) is 11.6. The number of carbonyl (C=O) groups excluding carboxylic acids is 2. The molecule has 5 nitrogen and oxygen atoms in total. The third-order valence-corrected chi connectivity index (χ3v) is 5.67. The molecule has 0 bridgehead atoms. The van der Waals surface area contributed by atoms with E-state index >= 15 is 0 Å². The molecule has 5 heteroatoms. The average Bonchev–Trinajstić information content (AvgIpc) is 2.86. The SMILES string of the molecule is COc1ccc(CC(=O)N(Cc2ccccc2)[C@@H](Cc2ccccc2)C(=O)NCC(C)C)cc1. The molecule has 3 aromatic carbocycles. The van der Waals surface area contributed by atoms with Crippen molar-refractivity contribution < 1.29 is 14.3 Å². The van der Waals surface area contributed by atoms with Gasteiger partial charge in [0.2, 0.25) is 11.8 Å². The van der Waals surface area contributed by atoms with Crippen LogP contribution < -0.4 is 10.1 Å². The molecule has 0 radical (unpaired) electrons. The molecule has 0 aromatic heterocycles. The summed E-state index contributed by atoms with van der Waals surface area (Å²) < 4.78 is 5.23. The van der Waals surface area contributed by atoms with Crippen molar-refractivity contribution in [1.82, 2.24) is 10.2 Å². The molecule has 0 saturated carbocycles. The van der Waals surface area contributed by atoms with Gasteiger partial charge in [-0.25, -0.2) is 0 Å². The maximum Gasteiger partial charge on any atom is 0.243 e. The summed E-state index contributed by atoms with van der Waals surface area (Å²) in [5.74, 6) is 0.845. The summed E-state index contributed by atoms with van der Waals surface area (Å²) in [6.45, 7) is 5.05. The van der Waals surface area contributed by atoms with Crippen LogP contribution in [0.2, 0.25) is 0 Å². The highest BCUT2D eigenvalue weighted by molar-refractivity contribution is 5.88. The summed E-state index contributed by atoms with van der Waals surface area (Å²) in [6, 6.07) is 26.5. The molecule has 0 unspecified atom stereocenters. The lowest BCUT2D eigenvalue weighted by Gasteiger charge is -2.32. The Hall–Kier alpha value is -3.60. The molecular formula is C29H34N2O3. The van der Waals surface area contributed by atoms with Crippen LogP contribution in [0.25, 0.3) is 0 Å². The molecule has 0 heterocycles. The first kappa shape index (κ1) is 25.0. The van der Waals surface area contributed by atoms with E-state index < -0.39 is 6.04 Å². The number of benzene rings is 3. The molecule has 0 aliphatic carbocycles. The number of ether oxygens (including phenoxy) is 1. The van der Waals surface area contributed by atoms with Crippen LogP contribution in [0.15, 0.2) is 84.9 Å². The van der Waals surface area contributed by atoms with Crippen LogP contribution in [0, 0.1) is 5.92 Å². The molecule has 0 aliphatic rings. The van der Waals surface area contributed by atoms with Crippen molar-refractivity contribution in [3.63, 3.8) is 0 Å². The largest absolute Gasteiger partial charge is 0.497 e. The Bertz CT molecular complexity index is 1030. The summed E-state index contributed by atoms with van der Waals surface area (Å²) in [7, 11) is 1.62. The van der Waals surface area contributed by atoms with Crippen molar-refractivity contribution in [3.8, 4) is 5.75 Å². The summed E-state index contributed by atoms with van der Waals surface area (Å²) in [5, 5.41) is 3.05. The second-order valence-electron chi connectivity index (χ2n) is 8.88. The van der Waals surface area contributed by atoms with Crippen molar-refractivity contribution in [3.05, 3.63) is 102 Å². The number of hydrogen-bond donors (Lipinski definition) is 1. The zero-order valence-electron chi connectivity index (χ0n) is 20.2. The van der Waals surface area contributed by atoms with Crippen molar-refractivity contribution in [2.45, 2.75) is 39.3 Å². The van der Waals surface area contributed by atoms with E-state index in [0.29, 0.717) is 25.4 Å². The molecule has 3 rings (SSSR count). The Morgan fingerprint density at radius 3 is 1.97 bits per heavy atom. The van der Waals surface area contributed by atoms with Crippen LogP contribution in [-0.2, 0) is 29.0 Å². The summed E-state index contributed by atoms with van der Waals surface area (Å²) >= 11 is 0. The monoisotopic (exact) mass is 458 g/mol. The van der Waals surface area contributed by atoms with Crippen LogP contribution in [0.4, 0.5) is 0 Å². The molecule has 2 amide bonds. The van der Waals surface area contributed by atoms with Crippen molar-refractivity contribution in [2.75, 3.05) is 13.7 Å². The fourth-order valence-electron chi connectivity index (χ4n) is 3.78. The first-order chi connectivity index (χ1) is 16.5. The molecular weight excluding hydrogens is 424 g/mol. The van der Waals surface area contributed by atoms with E-state index in [2.05, 4.69) is 19.2 Å². The molecule has 0 aliphatic heterocycles. The first-order valence-electron chi connectivity index (χ1n) is 11.7. The third kappa shape index (κ3) is 7.48. The lowest BCUT2D eigenvalue weighted by molar-refractivity contribution is -0.140. The van der Waals surface area contributed by atoms with Gasteiger partial charge in [-0.1, -0.05) is 86.6 Å². The van der Waals surface area contributed by atoms with Crippen LogP contribution in [-0.4, -0.2) is 36.4 Å². The van der Waals surface area contributed by atoms with Gasteiger partial charge >= 0.3 is 0 Å². The van der Waals surface area contributed by atoms with E-state index in [1.165, 1.54) is 0 Å². The topological polar surface area (TPSA) is 58.6 Å². The highest BCUT2D eigenvalue weighted by Crippen LogP contribution is 2.18. The molecule has 178 valence electrons. The van der Waals surface area contributed by atoms with Crippen LogP contribution >= 0.6 is 0 Å². The maximum absolute atomic E-state index is 13.7. The van der Waals surface area contributed by atoms with Gasteiger partial charge in [0.1, 0.15) is 11.8 Å². The highest BCUT2D eigenvalue weighted by atomic mass is 16.5. The summed E-state index contributed by atoms with van der Waals surface area (Å²) in [4.78, 5) is 28.8. The number of amides is 2. The fraction of sp³-hybridized carbons (Fsp3) is 0.310. The van der Waals surface area contributed by atoms with Gasteiger partial charge in [0.05, 0.1) is 13.5 Å². The molecule has 0 spiro atoms. The second-order valence-corrected chi connectivity index (χ2v) is 8.88. The number of rotatable bonds is 11. The van der Waals surface area contributed by atoms with Gasteiger partial charge in [0, 0.05) is 19.5 Å². The van der Waals surface area contributed by atoms with Gasteiger partial charge in [-0.05, 0) is 34.7 Å². The lowest BCUT2D eigenvalue weighted by Crippen LogP contribution is -2.51. The van der Waals surface area contributed by atoms with Gasteiger partial charge in [-0.2, -0.15) is 0 Å². The standard InChI is InChI=1S/C29H34N2O3/c1-22(2)20-30-29(33)27(18-23-10-6-4-7-11-23)31(21-25-12-8-5-9-13-25)28(32)19-24-14-16-26(34-3)17-15-24/h4-17,22,27H,18-21H2,1-3H3,(H,30,33)/t27-/m0/s1. The van der Waals surface area contributed by atoms with Crippen LogP contribution in [0.1, 0.15) is 30.5 Å². The first-order valence-corrected chi connectivity index (χ1v) is 11.7. The van der Waals surface area contributed by atoms with E-state index in [9.17, 15) is 9.59 Å². The number of carbonyl (C=O) groups is 2. The van der Waals surface area contributed by atoms with Gasteiger partial charge in [0.25, 0.3) is 0 Å². The zero-order chi connectivity index (χ0) is 24.3. The Morgan fingerprint density at radius 1 is 0.824 bits per heavy atom. The molecule has 1 atom stereocenters. The van der Waals surface area contributed by atoms with E-state index in [4.69, 9.17) is 4.74 Å². The zero-order valence-corrected chi connectivity index (χ0v) is 20.2. The maximum atomic E-state index is 13.7. The van der Waals surface area contributed by atoms with E-state index in [1.807, 2.05) is 84.9 Å². The van der Waals surface area contributed by atoms with Gasteiger partial charge in [-0.15, -0.1) is 0 Å². The highest BCUT2D eigenvalue weighted by Gasteiger charge is 2.30. The minimum Gasteiger partial charge on any atom is -0.497 e. The van der Waals surface area contributed by atoms with E-state index in [1.54, 1.807) is 12.0 Å². The lowest BCUT2D eigenvalue weighted by atomic mass is 10.0. The van der Waals surface area contributed by atoms with E-state index in [0.717, 1.165) is 22.4 Å². The number of hydrogen-bond acceptors (Lipinski definition) is 3. The van der Waals surface area contributed by atoms with Crippen molar-refractivity contribution in [1.29, 1.82) is 0 Å². The van der Waals surface area contributed by atoms with Gasteiger partial charge in [-0.3, -0.25) is 9.59 Å². The van der Waals surface area contributed by atoms with Crippen molar-refractivity contribution in [2.24, 2.45) is 5.92 Å². The fourth-order valence-corrected chi connectivity index (χ4v) is 3.78. The van der Waals surface area contributed by atoms with E-state index in [-0.39, 0.29) is 18.2 Å². The predicted molar refractivity (Wildman–Crippen MR) is 135 cm³/mol. The Kier molecular flexibility index (Phi) is 9.27. The average molecular weight is 459 g/mol. The Morgan fingerprint density at radius 2 is 1.41 bits per heavy atom. The molecule has 0 fully saturated rings. The predicted octanol–water partition coefficient (Wildman–Crippen LogP) is 4.65. The number of nitrogens with zero attached hydrogens (tertiary/aromatic N) is 1. The summed E-state index contributed by atoms with van der Waals surface area (Å²) in [5.41, 5.74) is 2.88. The second kappa shape index (κ2) is 12.6. The third-order valence-electron chi connectivity index (χ3n) is 5.67. The quantitative estimate of drug-likeness (QED) is 0.455. The summed E-state index contributed by atoms with van der Waals surface area (Å²) in [6.07, 6.45) is 0.658. The minimum absolute atomic E-state index is 0.0883. The molecule has 1 N–H and O–H groups in total. The molecule has 3 aromatic rings. The molecule has 0 saturated heterocycles.